The zero-order valence-electron chi connectivity index (χ0n) is 20.7. The highest BCUT2D eigenvalue weighted by atomic mass is 19.1. The maximum atomic E-state index is 12.6. The maximum absolute atomic E-state index is 12.6. The van der Waals surface area contributed by atoms with Gasteiger partial charge in [0.1, 0.15) is 30.0 Å². The van der Waals surface area contributed by atoms with Crippen LogP contribution in [0.3, 0.4) is 0 Å². The number of fused-ring (bicyclic) bond motifs is 1. The lowest BCUT2D eigenvalue weighted by Gasteiger charge is -2.37. The first kappa shape index (κ1) is 24.8. The van der Waals surface area contributed by atoms with E-state index in [9.17, 15) is 9.50 Å². The number of ether oxygens (including phenoxy) is 2. The Balaban J connectivity index is 0.00000141. The monoisotopic (exact) mass is 475 g/mol. The van der Waals surface area contributed by atoms with E-state index < -0.39 is 0 Å². The number of aromatic hydroxyl groups is 1. The number of hydrogen-bond donors (Lipinski definition) is 1. The van der Waals surface area contributed by atoms with Crippen molar-refractivity contribution in [3.63, 3.8) is 0 Å². The van der Waals surface area contributed by atoms with Gasteiger partial charge in [0.25, 0.3) is 0 Å². The SMILES string of the molecule is CC.CC1=C(c2ccccc2)C(c2ccc(OCCN3CC(CF)C3)cc2)Oc2cc(O)ccc21. The van der Waals surface area contributed by atoms with Crippen molar-refractivity contribution in [2.75, 3.05) is 32.9 Å². The Morgan fingerprint density at radius 3 is 2.40 bits per heavy atom. The molecule has 0 bridgehead atoms. The van der Waals surface area contributed by atoms with Gasteiger partial charge in [0.2, 0.25) is 0 Å². The average molecular weight is 476 g/mol. The quantitative estimate of drug-likeness (QED) is 0.410. The molecule has 2 heterocycles. The highest BCUT2D eigenvalue weighted by Crippen LogP contribution is 2.47. The fourth-order valence-electron chi connectivity index (χ4n) is 4.65. The molecule has 3 aromatic carbocycles. The van der Waals surface area contributed by atoms with Crippen LogP contribution in [0.4, 0.5) is 4.39 Å². The Kier molecular flexibility index (Phi) is 8.09. The largest absolute Gasteiger partial charge is 0.508 e. The first-order chi connectivity index (χ1) is 17.1. The Bertz CT molecular complexity index is 1140. The molecule has 184 valence electrons. The van der Waals surface area contributed by atoms with Crippen LogP contribution < -0.4 is 9.47 Å². The Morgan fingerprint density at radius 2 is 1.71 bits per heavy atom. The second-order valence-corrected chi connectivity index (χ2v) is 8.78. The molecule has 0 aliphatic carbocycles. The first-order valence-corrected chi connectivity index (χ1v) is 12.4. The molecule has 1 fully saturated rings. The van der Waals surface area contributed by atoms with Gasteiger partial charge in [0.05, 0.1) is 6.67 Å². The minimum absolute atomic E-state index is 0.187. The number of benzene rings is 3. The lowest BCUT2D eigenvalue weighted by atomic mass is 9.86. The Morgan fingerprint density at radius 1 is 1.00 bits per heavy atom. The van der Waals surface area contributed by atoms with Crippen LogP contribution in [0.25, 0.3) is 11.1 Å². The summed E-state index contributed by atoms with van der Waals surface area (Å²) < 4.78 is 24.9. The third kappa shape index (κ3) is 5.51. The molecule has 0 spiro atoms. The van der Waals surface area contributed by atoms with Crippen molar-refractivity contribution in [1.29, 1.82) is 0 Å². The average Bonchev–Trinajstić information content (AvgIpc) is 2.87. The molecule has 1 atom stereocenters. The van der Waals surface area contributed by atoms with E-state index in [1.165, 1.54) is 0 Å². The zero-order valence-corrected chi connectivity index (χ0v) is 20.7. The lowest BCUT2D eigenvalue weighted by Crippen LogP contribution is -2.49. The molecule has 2 aliphatic heterocycles. The maximum Gasteiger partial charge on any atom is 0.150 e. The van der Waals surface area contributed by atoms with Crippen LogP contribution in [-0.4, -0.2) is 42.9 Å². The smallest absolute Gasteiger partial charge is 0.150 e. The van der Waals surface area contributed by atoms with E-state index in [1.807, 2.05) is 62.4 Å². The van der Waals surface area contributed by atoms with E-state index >= 15 is 0 Å². The summed E-state index contributed by atoms with van der Waals surface area (Å²) in [7, 11) is 0. The molecule has 5 heteroatoms. The molecular weight excluding hydrogens is 441 g/mol. The van der Waals surface area contributed by atoms with Crippen LogP contribution in [0.2, 0.25) is 0 Å². The van der Waals surface area contributed by atoms with Crippen molar-refractivity contribution in [3.8, 4) is 17.2 Å². The molecule has 3 aromatic rings. The second kappa shape index (κ2) is 11.4. The van der Waals surface area contributed by atoms with Crippen molar-refractivity contribution in [2.45, 2.75) is 26.9 Å². The van der Waals surface area contributed by atoms with Gasteiger partial charge in [-0.3, -0.25) is 9.29 Å². The first-order valence-electron chi connectivity index (χ1n) is 12.4. The standard InChI is InChI=1S/C28H28FNO3.C2H6/c1-19-25-12-9-23(31)15-26(25)33-28(27(19)21-5-3-2-4-6-21)22-7-10-24(11-8-22)32-14-13-30-17-20(16-29)18-30;1-2/h2-12,15,20,28,31H,13-14,16-18H2,1H3;1-2H3. The van der Waals surface area contributed by atoms with Crippen molar-refractivity contribution < 1.29 is 19.0 Å². The van der Waals surface area contributed by atoms with Crippen LogP contribution in [0.5, 0.6) is 17.2 Å². The summed E-state index contributed by atoms with van der Waals surface area (Å²) in [6.45, 7) is 8.91. The molecule has 0 saturated carbocycles. The molecule has 35 heavy (non-hydrogen) atoms. The van der Waals surface area contributed by atoms with Gasteiger partial charge in [-0.2, -0.15) is 0 Å². The summed E-state index contributed by atoms with van der Waals surface area (Å²) in [6, 6.07) is 23.5. The number of likely N-dealkylation sites (tertiary alicyclic amines) is 1. The third-order valence-corrected chi connectivity index (χ3v) is 6.48. The summed E-state index contributed by atoms with van der Waals surface area (Å²) in [5.41, 5.74) is 5.36. The third-order valence-electron chi connectivity index (χ3n) is 6.48. The second-order valence-electron chi connectivity index (χ2n) is 8.78. The zero-order chi connectivity index (χ0) is 24.8. The predicted molar refractivity (Wildman–Crippen MR) is 140 cm³/mol. The highest BCUT2D eigenvalue weighted by Gasteiger charge is 2.29. The van der Waals surface area contributed by atoms with Crippen LogP contribution in [0.15, 0.2) is 72.8 Å². The van der Waals surface area contributed by atoms with E-state index in [0.717, 1.165) is 53.2 Å². The number of allylic oxidation sites excluding steroid dienone is 1. The molecule has 1 unspecified atom stereocenters. The van der Waals surface area contributed by atoms with Crippen LogP contribution in [0, 0.1) is 5.92 Å². The van der Waals surface area contributed by atoms with Gasteiger partial charge in [-0.15, -0.1) is 0 Å². The summed E-state index contributed by atoms with van der Waals surface area (Å²) in [5, 5.41) is 9.99. The molecule has 2 aliphatic rings. The number of hydrogen-bond acceptors (Lipinski definition) is 4. The molecule has 4 nitrogen and oxygen atoms in total. The number of halogens is 1. The predicted octanol–water partition coefficient (Wildman–Crippen LogP) is 6.76. The van der Waals surface area contributed by atoms with Gasteiger partial charge in [-0.05, 0) is 47.9 Å². The van der Waals surface area contributed by atoms with Crippen LogP contribution >= 0.6 is 0 Å². The Labute approximate surface area is 207 Å². The highest BCUT2D eigenvalue weighted by molar-refractivity contribution is 5.95. The minimum atomic E-state index is -0.297. The molecule has 5 rings (SSSR count). The van der Waals surface area contributed by atoms with Crippen LogP contribution in [0.1, 0.15) is 43.6 Å². The van der Waals surface area contributed by atoms with E-state index in [1.54, 1.807) is 12.1 Å². The van der Waals surface area contributed by atoms with Crippen molar-refractivity contribution >= 4 is 11.1 Å². The Hall–Kier alpha value is -3.31. The van der Waals surface area contributed by atoms with Gasteiger partial charge >= 0.3 is 0 Å². The van der Waals surface area contributed by atoms with Gasteiger partial charge in [0.15, 0.2) is 0 Å². The van der Waals surface area contributed by atoms with Gasteiger partial charge in [-0.25, -0.2) is 0 Å². The normalized spacial score (nSPS) is 17.5. The van der Waals surface area contributed by atoms with Gasteiger partial charge in [-0.1, -0.05) is 56.3 Å². The summed E-state index contributed by atoms with van der Waals surface area (Å²) in [6.07, 6.45) is -0.297. The molecule has 0 amide bonds. The number of phenolic OH excluding ortho intramolecular Hbond substituents is 1. The van der Waals surface area contributed by atoms with E-state index in [0.29, 0.717) is 12.4 Å². The number of rotatable bonds is 7. The van der Waals surface area contributed by atoms with Crippen molar-refractivity contribution in [2.24, 2.45) is 5.92 Å². The van der Waals surface area contributed by atoms with E-state index in [2.05, 4.69) is 24.0 Å². The molecule has 0 aromatic heterocycles. The fraction of sp³-hybridized carbons (Fsp3) is 0.333. The minimum Gasteiger partial charge on any atom is -0.508 e. The fourth-order valence-corrected chi connectivity index (χ4v) is 4.65. The number of alkyl halides is 1. The van der Waals surface area contributed by atoms with Gasteiger partial charge < -0.3 is 14.6 Å². The van der Waals surface area contributed by atoms with Gasteiger partial charge in [0, 0.05) is 42.8 Å². The van der Waals surface area contributed by atoms with E-state index in [4.69, 9.17) is 9.47 Å². The van der Waals surface area contributed by atoms with E-state index in [-0.39, 0.29) is 24.4 Å². The summed E-state index contributed by atoms with van der Waals surface area (Å²) in [5.74, 6) is 1.87. The van der Waals surface area contributed by atoms with Crippen LogP contribution in [-0.2, 0) is 0 Å². The number of nitrogens with zero attached hydrogens (tertiary/aromatic N) is 1. The lowest BCUT2D eigenvalue weighted by molar-refractivity contribution is 0.0668. The molecular formula is C30H34FNO3. The number of phenols is 1. The van der Waals surface area contributed by atoms with Crippen molar-refractivity contribution in [1.82, 2.24) is 4.90 Å². The summed E-state index contributed by atoms with van der Waals surface area (Å²) in [4.78, 5) is 2.21. The molecule has 1 saturated heterocycles. The molecule has 0 radical (unpaired) electrons. The topological polar surface area (TPSA) is 41.9 Å². The molecule has 1 N–H and O–H groups in total. The van der Waals surface area contributed by atoms with Crippen molar-refractivity contribution in [3.05, 3.63) is 89.5 Å². The summed E-state index contributed by atoms with van der Waals surface area (Å²) >= 11 is 0.